The lowest BCUT2D eigenvalue weighted by Gasteiger charge is -2.08. The van der Waals surface area contributed by atoms with Crippen molar-refractivity contribution in [3.05, 3.63) is 37.0 Å². The minimum absolute atomic E-state index is 0.676. The van der Waals surface area contributed by atoms with Crippen LogP contribution in [-0.4, -0.2) is 6.61 Å². The molecular formula is C10H13NO. The lowest BCUT2D eigenvalue weighted by molar-refractivity contribution is 0.342. The standard InChI is InChI=1S/C10H13NO/c1-3-11-9-7-5-6-8-10(9)12-4-2/h3,5-8,11H,1,4H2,2H3. The predicted molar refractivity (Wildman–Crippen MR) is 51.4 cm³/mol. The Morgan fingerprint density at radius 3 is 2.92 bits per heavy atom. The summed E-state index contributed by atoms with van der Waals surface area (Å²) in [5.74, 6) is 0.861. The second-order valence-electron chi connectivity index (χ2n) is 2.28. The average Bonchev–Trinajstić information content (AvgIpc) is 2.09. The van der Waals surface area contributed by atoms with Gasteiger partial charge in [-0.25, -0.2) is 0 Å². The number of anilines is 1. The van der Waals surface area contributed by atoms with Gasteiger partial charge in [0.2, 0.25) is 0 Å². The van der Waals surface area contributed by atoms with Crippen LogP contribution in [0.1, 0.15) is 6.92 Å². The zero-order valence-corrected chi connectivity index (χ0v) is 7.21. The lowest BCUT2D eigenvalue weighted by Crippen LogP contribution is -1.95. The molecule has 0 fully saturated rings. The zero-order valence-electron chi connectivity index (χ0n) is 7.21. The van der Waals surface area contributed by atoms with Crippen LogP contribution in [-0.2, 0) is 0 Å². The van der Waals surface area contributed by atoms with Crippen LogP contribution in [0.5, 0.6) is 5.75 Å². The van der Waals surface area contributed by atoms with Crippen LogP contribution in [0.3, 0.4) is 0 Å². The van der Waals surface area contributed by atoms with Crippen LogP contribution < -0.4 is 10.1 Å². The number of hydrogen-bond acceptors (Lipinski definition) is 2. The van der Waals surface area contributed by atoms with Gasteiger partial charge in [-0.1, -0.05) is 18.7 Å². The fraction of sp³-hybridized carbons (Fsp3) is 0.200. The molecule has 0 amide bonds. The van der Waals surface area contributed by atoms with E-state index in [-0.39, 0.29) is 0 Å². The van der Waals surface area contributed by atoms with Crippen LogP contribution in [0.2, 0.25) is 0 Å². The van der Waals surface area contributed by atoms with Gasteiger partial charge in [-0.05, 0) is 25.3 Å². The Hall–Kier alpha value is -1.44. The first-order chi connectivity index (χ1) is 5.88. The first-order valence-electron chi connectivity index (χ1n) is 3.97. The topological polar surface area (TPSA) is 21.3 Å². The average molecular weight is 163 g/mol. The van der Waals surface area contributed by atoms with E-state index in [1.807, 2.05) is 31.2 Å². The summed E-state index contributed by atoms with van der Waals surface area (Å²) >= 11 is 0. The Morgan fingerprint density at radius 1 is 1.50 bits per heavy atom. The molecule has 1 aromatic rings. The van der Waals surface area contributed by atoms with Gasteiger partial charge in [0.15, 0.2) is 0 Å². The van der Waals surface area contributed by atoms with E-state index in [4.69, 9.17) is 4.74 Å². The summed E-state index contributed by atoms with van der Waals surface area (Å²) in [7, 11) is 0. The quantitative estimate of drug-likeness (QED) is 0.736. The molecule has 0 bridgehead atoms. The maximum absolute atomic E-state index is 5.38. The second kappa shape index (κ2) is 4.44. The molecule has 1 aromatic carbocycles. The van der Waals surface area contributed by atoms with Crippen molar-refractivity contribution in [2.24, 2.45) is 0 Å². The predicted octanol–water partition coefficient (Wildman–Crippen LogP) is 2.64. The van der Waals surface area contributed by atoms with E-state index >= 15 is 0 Å². The van der Waals surface area contributed by atoms with E-state index < -0.39 is 0 Å². The number of ether oxygens (including phenoxy) is 1. The van der Waals surface area contributed by atoms with Gasteiger partial charge in [-0.2, -0.15) is 0 Å². The molecule has 0 saturated carbocycles. The van der Waals surface area contributed by atoms with Crippen LogP contribution in [0.25, 0.3) is 0 Å². The van der Waals surface area contributed by atoms with Crippen molar-refractivity contribution in [2.75, 3.05) is 11.9 Å². The van der Waals surface area contributed by atoms with Crippen LogP contribution in [0, 0.1) is 0 Å². The minimum atomic E-state index is 0.676. The molecule has 0 aliphatic rings. The maximum atomic E-state index is 5.38. The summed E-state index contributed by atoms with van der Waals surface area (Å²) in [5, 5.41) is 3.00. The van der Waals surface area contributed by atoms with Crippen molar-refractivity contribution in [2.45, 2.75) is 6.92 Å². The first-order valence-corrected chi connectivity index (χ1v) is 3.97. The number of para-hydroxylation sites is 2. The summed E-state index contributed by atoms with van der Waals surface area (Å²) in [5.41, 5.74) is 0.953. The third-order valence-electron chi connectivity index (χ3n) is 1.44. The summed E-state index contributed by atoms with van der Waals surface area (Å²) < 4.78 is 5.38. The van der Waals surface area contributed by atoms with Gasteiger partial charge in [0.05, 0.1) is 12.3 Å². The smallest absolute Gasteiger partial charge is 0.142 e. The molecule has 0 radical (unpaired) electrons. The van der Waals surface area contributed by atoms with Gasteiger partial charge in [-0.3, -0.25) is 0 Å². The van der Waals surface area contributed by atoms with Gasteiger partial charge in [0.25, 0.3) is 0 Å². The Morgan fingerprint density at radius 2 is 2.25 bits per heavy atom. The SMILES string of the molecule is C=CNc1ccccc1OCC. The van der Waals surface area contributed by atoms with E-state index in [0.717, 1.165) is 11.4 Å². The van der Waals surface area contributed by atoms with Crippen molar-refractivity contribution in [1.82, 2.24) is 0 Å². The molecule has 0 spiro atoms. The van der Waals surface area contributed by atoms with E-state index in [9.17, 15) is 0 Å². The lowest BCUT2D eigenvalue weighted by atomic mass is 10.3. The summed E-state index contributed by atoms with van der Waals surface area (Å²) in [6.45, 7) is 6.23. The van der Waals surface area contributed by atoms with E-state index in [1.54, 1.807) is 6.20 Å². The first kappa shape index (κ1) is 8.65. The fourth-order valence-corrected chi connectivity index (χ4v) is 0.977. The van der Waals surface area contributed by atoms with Gasteiger partial charge in [0, 0.05) is 0 Å². The number of rotatable bonds is 4. The second-order valence-corrected chi connectivity index (χ2v) is 2.28. The molecule has 1 rings (SSSR count). The number of nitrogens with one attached hydrogen (secondary N) is 1. The summed E-state index contributed by atoms with van der Waals surface area (Å²) in [6, 6.07) is 7.77. The van der Waals surface area contributed by atoms with Gasteiger partial charge >= 0.3 is 0 Å². The van der Waals surface area contributed by atoms with Crippen molar-refractivity contribution in [3.8, 4) is 5.75 Å². The third-order valence-corrected chi connectivity index (χ3v) is 1.44. The molecule has 0 saturated heterocycles. The largest absolute Gasteiger partial charge is 0.492 e. The van der Waals surface area contributed by atoms with Crippen molar-refractivity contribution in [3.63, 3.8) is 0 Å². The Labute approximate surface area is 72.9 Å². The molecule has 1 N–H and O–H groups in total. The van der Waals surface area contributed by atoms with E-state index in [0.29, 0.717) is 6.61 Å². The Balaban J connectivity index is 2.83. The molecule has 64 valence electrons. The molecule has 12 heavy (non-hydrogen) atoms. The van der Waals surface area contributed by atoms with Gasteiger partial charge in [0.1, 0.15) is 5.75 Å². The highest BCUT2D eigenvalue weighted by molar-refractivity contribution is 5.57. The molecule has 0 unspecified atom stereocenters. The fourth-order valence-electron chi connectivity index (χ4n) is 0.977. The highest BCUT2D eigenvalue weighted by atomic mass is 16.5. The van der Waals surface area contributed by atoms with Gasteiger partial charge < -0.3 is 10.1 Å². The number of benzene rings is 1. The van der Waals surface area contributed by atoms with Crippen molar-refractivity contribution in [1.29, 1.82) is 0 Å². The van der Waals surface area contributed by atoms with Crippen molar-refractivity contribution < 1.29 is 4.74 Å². The molecule has 0 aromatic heterocycles. The molecule has 2 heteroatoms. The monoisotopic (exact) mass is 163 g/mol. The highest BCUT2D eigenvalue weighted by Crippen LogP contribution is 2.23. The van der Waals surface area contributed by atoms with Crippen LogP contribution in [0.4, 0.5) is 5.69 Å². The summed E-state index contributed by atoms with van der Waals surface area (Å²) in [6.07, 6.45) is 1.64. The van der Waals surface area contributed by atoms with Crippen molar-refractivity contribution >= 4 is 5.69 Å². The molecule has 0 aliphatic heterocycles. The van der Waals surface area contributed by atoms with Crippen LogP contribution >= 0.6 is 0 Å². The normalized spacial score (nSPS) is 9.08. The van der Waals surface area contributed by atoms with Crippen LogP contribution in [0.15, 0.2) is 37.0 Å². The molecule has 0 atom stereocenters. The van der Waals surface area contributed by atoms with E-state index in [1.165, 1.54) is 0 Å². The summed E-state index contributed by atoms with van der Waals surface area (Å²) in [4.78, 5) is 0. The number of hydrogen-bond donors (Lipinski definition) is 1. The molecule has 0 heterocycles. The zero-order chi connectivity index (χ0) is 8.81. The minimum Gasteiger partial charge on any atom is -0.492 e. The molecule has 2 nitrogen and oxygen atoms in total. The maximum Gasteiger partial charge on any atom is 0.142 e. The molecule has 0 aliphatic carbocycles. The third kappa shape index (κ3) is 2.02. The Bertz CT molecular complexity index is 258. The highest BCUT2D eigenvalue weighted by Gasteiger charge is 1.97. The Kier molecular flexibility index (Phi) is 3.20. The van der Waals surface area contributed by atoms with Gasteiger partial charge in [-0.15, -0.1) is 0 Å². The molecular weight excluding hydrogens is 150 g/mol. The van der Waals surface area contributed by atoms with E-state index in [2.05, 4.69) is 11.9 Å².